The zero-order chi connectivity index (χ0) is 17.2. The zero-order valence-corrected chi connectivity index (χ0v) is 14.7. The first-order chi connectivity index (χ1) is 11.5. The van der Waals surface area contributed by atoms with Crippen LogP contribution < -0.4 is 5.32 Å². The fraction of sp³-hybridized carbons (Fsp3) is 0.353. The summed E-state index contributed by atoms with van der Waals surface area (Å²) in [5.74, 6) is 0.654. The van der Waals surface area contributed by atoms with E-state index >= 15 is 0 Å². The Hall–Kier alpha value is -2.28. The summed E-state index contributed by atoms with van der Waals surface area (Å²) in [7, 11) is 0. The highest BCUT2D eigenvalue weighted by Gasteiger charge is 2.19. The summed E-state index contributed by atoms with van der Waals surface area (Å²) in [6.45, 7) is 6.04. The van der Waals surface area contributed by atoms with Crippen LogP contribution in [0.3, 0.4) is 0 Å². The van der Waals surface area contributed by atoms with Gasteiger partial charge in [0.2, 0.25) is 5.91 Å². The molecule has 6 nitrogen and oxygen atoms in total. The van der Waals surface area contributed by atoms with E-state index in [0.29, 0.717) is 11.1 Å². The van der Waals surface area contributed by atoms with Gasteiger partial charge in [0.25, 0.3) is 11.1 Å². The van der Waals surface area contributed by atoms with Crippen molar-refractivity contribution in [1.82, 2.24) is 20.5 Å². The number of nitrogens with one attached hydrogen (secondary N) is 2. The first-order valence-electron chi connectivity index (χ1n) is 7.82. The van der Waals surface area contributed by atoms with Crippen molar-refractivity contribution in [2.45, 2.75) is 38.0 Å². The molecule has 1 aromatic carbocycles. The van der Waals surface area contributed by atoms with E-state index in [2.05, 4.69) is 20.5 Å². The number of carbonyl (C=O) groups excluding carboxylic acids is 1. The molecule has 0 spiro atoms. The normalized spacial score (nSPS) is 11.8. The van der Waals surface area contributed by atoms with E-state index in [1.54, 1.807) is 0 Å². The van der Waals surface area contributed by atoms with Crippen LogP contribution in [0.25, 0.3) is 22.4 Å². The monoisotopic (exact) mass is 344 g/mol. The maximum Gasteiger partial charge on any atom is 0.277 e. The van der Waals surface area contributed by atoms with Crippen LogP contribution in [0.1, 0.15) is 27.2 Å². The highest BCUT2D eigenvalue weighted by Crippen LogP contribution is 2.29. The molecule has 0 fully saturated rings. The van der Waals surface area contributed by atoms with Gasteiger partial charge in [0.05, 0.1) is 11.3 Å². The zero-order valence-electron chi connectivity index (χ0n) is 13.9. The molecule has 0 bridgehead atoms. The number of aromatic amines is 1. The number of amides is 1. The molecule has 0 atom stereocenters. The van der Waals surface area contributed by atoms with E-state index in [1.807, 2.05) is 51.2 Å². The largest absolute Gasteiger partial charge is 0.411 e. The first kappa shape index (κ1) is 16.6. The summed E-state index contributed by atoms with van der Waals surface area (Å²) in [5, 5.41) is 12.5. The van der Waals surface area contributed by atoms with Crippen LogP contribution in [-0.2, 0) is 4.79 Å². The Morgan fingerprint density at radius 3 is 2.92 bits per heavy atom. The number of aromatic nitrogens is 3. The van der Waals surface area contributed by atoms with Gasteiger partial charge in [0.15, 0.2) is 0 Å². The number of rotatable bonds is 6. The predicted molar refractivity (Wildman–Crippen MR) is 94.8 cm³/mol. The molecular formula is C17H20N4O2S. The van der Waals surface area contributed by atoms with Crippen LogP contribution in [0, 0.1) is 0 Å². The van der Waals surface area contributed by atoms with Crippen molar-refractivity contribution in [3.05, 3.63) is 30.5 Å². The lowest BCUT2D eigenvalue weighted by Gasteiger charge is -2.24. The summed E-state index contributed by atoms with van der Waals surface area (Å²) in [4.78, 5) is 15.2. The number of para-hydroxylation sites is 1. The molecule has 7 heteroatoms. The van der Waals surface area contributed by atoms with E-state index in [4.69, 9.17) is 4.42 Å². The molecule has 0 unspecified atom stereocenters. The van der Waals surface area contributed by atoms with Crippen molar-refractivity contribution in [1.29, 1.82) is 0 Å². The number of nitrogens with zero attached hydrogens (tertiary/aromatic N) is 2. The molecule has 0 saturated carbocycles. The lowest BCUT2D eigenvalue weighted by molar-refractivity contribution is -0.120. The van der Waals surface area contributed by atoms with Crippen LogP contribution >= 0.6 is 11.8 Å². The van der Waals surface area contributed by atoms with Crippen molar-refractivity contribution in [3.63, 3.8) is 0 Å². The maximum atomic E-state index is 12.0. The number of carbonyl (C=O) groups is 1. The fourth-order valence-corrected chi connectivity index (χ4v) is 2.82. The quantitative estimate of drug-likeness (QED) is 0.667. The number of hydrogen-bond acceptors (Lipinski definition) is 5. The van der Waals surface area contributed by atoms with Crippen LogP contribution in [0.2, 0.25) is 0 Å². The Morgan fingerprint density at radius 1 is 1.33 bits per heavy atom. The summed E-state index contributed by atoms with van der Waals surface area (Å²) >= 11 is 1.24. The Balaban J connectivity index is 1.67. The number of fused-ring (bicyclic) bond motifs is 1. The standard InChI is InChI=1S/C17H20N4O2S/c1-4-17(2,3)19-14(22)10-24-16-21-20-15(23-16)12-9-18-13-8-6-5-7-11(12)13/h5-9,18H,4,10H2,1-3H3,(H,19,22). The average molecular weight is 344 g/mol. The van der Waals surface area contributed by atoms with Crippen LogP contribution in [0.15, 0.2) is 40.1 Å². The number of benzene rings is 1. The van der Waals surface area contributed by atoms with E-state index in [1.165, 1.54) is 11.8 Å². The van der Waals surface area contributed by atoms with E-state index in [0.717, 1.165) is 22.9 Å². The third kappa shape index (κ3) is 3.62. The van der Waals surface area contributed by atoms with Crippen molar-refractivity contribution >= 4 is 28.6 Å². The van der Waals surface area contributed by atoms with Gasteiger partial charge in [-0.25, -0.2) is 0 Å². The van der Waals surface area contributed by atoms with Crippen molar-refractivity contribution < 1.29 is 9.21 Å². The molecule has 2 heterocycles. The fourth-order valence-electron chi connectivity index (χ4n) is 2.25. The number of thioether (sulfide) groups is 1. The molecule has 3 aromatic rings. The van der Waals surface area contributed by atoms with Gasteiger partial charge >= 0.3 is 0 Å². The highest BCUT2D eigenvalue weighted by molar-refractivity contribution is 7.99. The summed E-state index contributed by atoms with van der Waals surface area (Å²) in [6.07, 6.45) is 2.72. The van der Waals surface area contributed by atoms with Crippen molar-refractivity contribution in [2.75, 3.05) is 5.75 Å². The molecule has 24 heavy (non-hydrogen) atoms. The molecule has 0 saturated heterocycles. The van der Waals surface area contributed by atoms with Crippen molar-refractivity contribution in [3.8, 4) is 11.5 Å². The molecule has 3 rings (SSSR count). The number of H-pyrrole nitrogens is 1. The minimum absolute atomic E-state index is 0.0429. The third-order valence-corrected chi connectivity index (χ3v) is 4.73. The minimum atomic E-state index is -0.207. The Bertz CT molecular complexity index is 853. The summed E-state index contributed by atoms with van der Waals surface area (Å²) < 4.78 is 5.68. The van der Waals surface area contributed by atoms with Crippen molar-refractivity contribution in [2.24, 2.45) is 0 Å². The van der Waals surface area contributed by atoms with Gasteiger partial charge in [-0.3, -0.25) is 4.79 Å². The van der Waals surface area contributed by atoms with E-state index in [-0.39, 0.29) is 17.2 Å². The molecule has 1 amide bonds. The Kier molecular flexibility index (Phi) is 4.62. The van der Waals surface area contributed by atoms with Gasteiger partial charge in [-0.1, -0.05) is 36.9 Å². The summed E-state index contributed by atoms with van der Waals surface area (Å²) in [6, 6.07) is 7.92. The second-order valence-electron chi connectivity index (χ2n) is 6.20. The van der Waals surface area contributed by atoms with Gasteiger partial charge in [-0.2, -0.15) is 0 Å². The lowest BCUT2D eigenvalue weighted by atomic mass is 10.0. The van der Waals surface area contributed by atoms with Crippen LogP contribution in [-0.4, -0.2) is 32.4 Å². The molecule has 0 aliphatic heterocycles. The maximum absolute atomic E-state index is 12.0. The van der Waals surface area contributed by atoms with E-state index < -0.39 is 0 Å². The molecule has 0 radical (unpaired) electrons. The molecule has 2 aromatic heterocycles. The lowest BCUT2D eigenvalue weighted by Crippen LogP contribution is -2.43. The SMILES string of the molecule is CCC(C)(C)NC(=O)CSc1nnc(-c2c[nH]c3ccccc23)o1. The summed E-state index contributed by atoms with van der Waals surface area (Å²) in [5.41, 5.74) is 1.67. The van der Waals surface area contributed by atoms with Gasteiger partial charge in [-0.05, 0) is 26.3 Å². The Morgan fingerprint density at radius 2 is 2.12 bits per heavy atom. The van der Waals surface area contributed by atoms with E-state index in [9.17, 15) is 4.79 Å². The molecule has 0 aliphatic rings. The molecule has 2 N–H and O–H groups in total. The smallest absolute Gasteiger partial charge is 0.277 e. The second-order valence-corrected chi connectivity index (χ2v) is 7.12. The molecule has 126 valence electrons. The van der Waals surface area contributed by atoms with Gasteiger partial charge in [-0.15, -0.1) is 10.2 Å². The highest BCUT2D eigenvalue weighted by atomic mass is 32.2. The number of hydrogen-bond donors (Lipinski definition) is 2. The van der Waals surface area contributed by atoms with Gasteiger partial charge < -0.3 is 14.7 Å². The topological polar surface area (TPSA) is 83.8 Å². The second kappa shape index (κ2) is 6.68. The average Bonchev–Trinajstić information content (AvgIpc) is 3.19. The van der Waals surface area contributed by atoms with Gasteiger partial charge in [0, 0.05) is 22.6 Å². The molecular weight excluding hydrogens is 324 g/mol. The minimum Gasteiger partial charge on any atom is -0.411 e. The Labute approximate surface area is 144 Å². The van der Waals surface area contributed by atoms with Crippen LogP contribution in [0.4, 0.5) is 0 Å². The first-order valence-corrected chi connectivity index (χ1v) is 8.81. The van der Waals surface area contributed by atoms with Gasteiger partial charge in [0.1, 0.15) is 0 Å². The predicted octanol–water partition coefficient (Wildman–Crippen LogP) is 3.61. The molecule has 0 aliphatic carbocycles. The van der Waals surface area contributed by atoms with Crippen LogP contribution in [0.5, 0.6) is 0 Å². The third-order valence-electron chi connectivity index (χ3n) is 3.91.